The highest BCUT2D eigenvalue weighted by molar-refractivity contribution is 5.94. The van der Waals surface area contributed by atoms with E-state index in [4.69, 9.17) is 9.47 Å². The van der Waals surface area contributed by atoms with Crippen molar-refractivity contribution in [1.82, 2.24) is 10.3 Å². The SMILES string of the molecule is COCC1(C(=O)Nc2ccc(N3CCOCC3)cn2)CCNCC1.Cl.Cl. The minimum absolute atomic E-state index is 0. The van der Waals surface area contributed by atoms with Crippen molar-refractivity contribution in [3.63, 3.8) is 0 Å². The number of anilines is 2. The van der Waals surface area contributed by atoms with E-state index in [9.17, 15) is 4.79 Å². The first-order chi connectivity index (χ1) is 11.7. The van der Waals surface area contributed by atoms with Crippen LogP contribution in [-0.4, -0.2) is 64.0 Å². The fourth-order valence-electron chi connectivity index (χ4n) is 3.34. The van der Waals surface area contributed by atoms with Crippen LogP contribution in [0.5, 0.6) is 0 Å². The molecule has 0 spiro atoms. The van der Waals surface area contributed by atoms with E-state index in [2.05, 4.69) is 20.5 Å². The van der Waals surface area contributed by atoms with Crippen molar-refractivity contribution in [2.45, 2.75) is 12.8 Å². The zero-order valence-electron chi connectivity index (χ0n) is 15.0. The summed E-state index contributed by atoms with van der Waals surface area (Å²) in [5.74, 6) is 0.587. The molecule has 2 fully saturated rings. The third kappa shape index (κ3) is 5.44. The molecule has 0 atom stereocenters. The number of morpholine rings is 1. The van der Waals surface area contributed by atoms with Crippen LogP contribution in [0.1, 0.15) is 12.8 Å². The maximum absolute atomic E-state index is 12.8. The second kappa shape index (κ2) is 10.9. The lowest BCUT2D eigenvalue weighted by Gasteiger charge is -2.35. The maximum Gasteiger partial charge on any atom is 0.234 e. The molecule has 0 radical (unpaired) electrons. The summed E-state index contributed by atoms with van der Waals surface area (Å²) < 4.78 is 10.7. The lowest BCUT2D eigenvalue weighted by Crippen LogP contribution is -2.47. The minimum Gasteiger partial charge on any atom is -0.384 e. The quantitative estimate of drug-likeness (QED) is 0.774. The molecule has 0 saturated carbocycles. The molecule has 2 aliphatic heterocycles. The monoisotopic (exact) mass is 406 g/mol. The molecule has 0 aliphatic carbocycles. The number of carbonyl (C=O) groups excluding carboxylic acids is 1. The molecule has 3 rings (SSSR count). The number of pyridine rings is 1. The summed E-state index contributed by atoms with van der Waals surface area (Å²) in [6, 6.07) is 3.86. The van der Waals surface area contributed by atoms with Crippen LogP contribution in [0.3, 0.4) is 0 Å². The number of hydrogen-bond donors (Lipinski definition) is 2. The summed E-state index contributed by atoms with van der Waals surface area (Å²) in [6.07, 6.45) is 3.36. The highest BCUT2D eigenvalue weighted by Crippen LogP contribution is 2.30. The number of nitrogens with zero attached hydrogens (tertiary/aromatic N) is 2. The summed E-state index contributed by atoms with van der Waals surface area (Å²) >= 11 is 0. The highest BCUT2D eigenvalue weighted by Gasteiger charge is 2.39. The number of piperidine rings is 1. The van der Waals surface area contributed by atoms with Gasteiger partial charge in [-0.3, -0.25) is 4.79 Å². The van der Waals surface area contributed by atoms with Crippen molar-refractivity contribution in [2.24, 2.45) is 5.41 Å². The topological polar surface area (TPSA) is 75.7 Å². The van der Waals surface area contributed by atoms with Gasteiger partial charge in [0.1, 0.15) is 5.82 Å². The molecule has 7 nitrogen and oxygen atoms in total. The van der Waals surface area contributed by atoms with Gasteiger partial charge in [0.25, 0.3) is 0 Å². The van der Waals surface area contributed by atoms with Crippen LogP contribution in [0.2, 0.25) is 0 Å². The molecule has 1 aromatic rings. The average Bonchev–Trinajstić information content (AvgIpc) is 2.64. The first-order valence-corrected chi connectivity index (χ1v) is 8.53. The van der Waals surface area contributed by atoms with Crippen molar-refractivity contribution in [1.29, 1.82) is 0 Å². The third-order valence-corrected chi connectivity index (χ3v) is 4.83. The molecular formula is C17H28Cl2N4O3. The van der Waals surface area contributed by atoms with Gasteiger partial charge in [-0.15, -0.1) is 24.8 Å². The third-order valence-electron chi connectivity index (χ3n) is 4.83. The Bertz CT molecular complexity index is 542. The van der Waals surface area contributed by atoms with E-state index in [1.165, 1.54) is 0 Å². The van der Waals surface area contributed by atoms with E-state index in [0.29, 0.717) is 12.4 Å². The van der Waals surface area contributed by atoms with Gasteiger partial charge in [0.15, 0.2) is 0 Å². The standard InChI is InChI=1S/C17H26N4O3.2ClH/c1-23-13-17(4-6-18-7-5-17)16(22)20-15-3-2-14(12-19-15)21-8-10-24-11-9-21;;/h2-3,12,18H,4-11,13H2,1H3,(H,19,20,22);2*1H. The van der Waals surface area contributed by atoms with Crippen LogP contribution in [-0.2, 0) is 14.3 Å². The highest BCUT2D eigenvalue weighted by atomic mass is 35.5. The molecule has 148 valence electrons. The predicted molar refractivity (Wildman–Crippen MR) is 107 cm³/mol. The number of halogens is 2. The smallest absolute Gasteiger partial charge is 0.234 e. The molecule has 26 heavy (non-hydrogen) atoms. The first-order valence-electron chi connectivity index (χ1n) is 8.53. The Morgan fingerprint density at radius 3 is 2.58 bits per heavy atom. The number of nitrogens with one attached hydrogen (secondary N) is 2. The van der Waals surface area contributed by atoms with Crippen LogP contribution in [0.15, 0.2) is 18.3 Å². The van der Waals surface area contributed by atoms with Gasteiger partial charge < -0.3 is 25.0 Å². The van der Waals surface area contributed by atoms with Gasteiger partial charge in [-0.05, 0) is 38.1 Å². The minimum atomic E-state index is -0.468. The molecule has 1 amide bonds. The Kier molecular flexibility index (Phi) is 9.60. The molecule has 0 aromatic carbocycles. The van der Waals surface area contributed by atoms with Crippen molar-refractivity contribution < 1.29 is 14.3 Å². The molecule has 1 aromatic heterocycles. The van der Waals surface area contributed by atoms with Gasteiger partial charge in [-0.2, -0.15) is 0 Å². The second-order valence-corrected chi connectivity index (χ2v) is 6.42. The molecule has 2 aliphatic rings. The first kappa shape index (κ1) is 22.9. The number of ether oxygens (including phenoxy) is 2. The molecule has 9 heteroatoms. The van der Waals surface area contributed by atoms with Crippen LogP contribution < -0.4 is 15.5 Å². The maximum atomic E-state index is 12.8. The van der Waals surface area contributed by atoms with Gasteiger partial charge in [0.05, 0.1) is 37.1 Å². The average molecular weight is 407 g/mol. The van der Waals surface area contributed by atoms with E-state index < -0.39 is 5.41 Å². The van der Waals surface area contributed by atoms with Gasteiger partial charge in [0, 0.05) is 20.2 Å². The number of rotatable bonds is 5. The Morgan fingerprint density at radius 2 is 2.00 bits per heavy atom. The molecule has 3 heterocycles. The van der Waals surface area contributed by atoms with Crippen LogP contribution in [0.25, 0.3) is 0 Å². The van der Waals surface area contributed by atoms with Gasteiger partial charge in [0.2, 0.25) is 5.91 Å². The van der Waals surface area contributed by atoms with Crippen molar-refractivity contribution >= 4 is 42.2 Å². The van der Waals surface area contributed by atoms with Crippen molar-refractivity contribution in [3.8, 4) is 0 Å². The number of aromatic nitrogens is 1. The van der Waals surface area contributed by atoms with E-state index in [0.717, 1.165) is 57.9 Å². The van der Waals surface area contributed by atoms with Crippen LogP contribution in [0.4, 0.5) is 11.5 Å². The van der Waals surface area contributed by atoms with E-state index in [1.54, 1.807) is 7.11 Å². The molecule has 0 bridgehead atoms. The zero-order chi connectivity index (χ0) is 16.8. The fraction of sp³-hybridized carbons (Fsp3) is 0.647. The number of hydrogen-bond acceptors (Lipinski definition) is 6. The zero-order valence-corrected chi connectivity index (χ0v) is 16.7. The lowest BCUT2D eigenvalue weighted by atomic mass is 9.78. The predicted octanol–water partition coefficient (Wildman–Crippen LogP) is 1.72. The fourth-order valence-corrected chi connectivity index (χ4v) is 3.34. The summed E-state index contributed by atoms with van der Waals surface area (Å²) in [6.45, 7) is 5.33. The van der Waals surface area contributed by atoms with Crippen molar-refractivity contribution in [2.75, 3.05) is 63.3 Å². The van der Waals surface area contributed by atoms with E-state index in [1.807, 2.05) is 18.3 Å². The van der Waals surface area contributed by atoms with Gasteiger partial charge >= 0.3 is 0 Å². The molecule has 0 unspecified atom stereocenters. The largest absolute Gasteiger partial charge is 0.384 e. The molecule has 2 N–H and O–H groups in total. The van der Waals surface area contributed by atoms with Crippen LogP contribution in [0, 0.1) is 5.41 Å². The number of carbonyl (C=O) groups is 1. The number of methoxy groups -OCH3 is 1. The van der Waals surface area contributed by atoms with E-state index >= 15 is 0 Å². The Labute approximate surface area is 167 Å². The second-order valence-electron chi connectivity index (χ2n) is 6.42. The lowest BCUT2D eigenvalue weighted by molar-refractivity contribution is -0.130. The summed E-state index contributed by atoms with van der Waals surface area (Å²) in [5.41, 5.74) is 0.592. The van der Waals surface area contributed by atoms with Gasteiger partial charge in [-0.25, -0.2) is 4.98 Å². The van der Waals surface area contributed by atoms with Crippen LogP contribution >= 0.6 is 24.8 Å². The Morgan fingerprint density at radius 1 is 1.31 bits per heavy atom. The van der Waals surface area contributed by atoms with Gasteiger partial charge in [-0.1, -0.05) is 0 Å². The molecular weight excluding hydrogens is 379 g/mol. The number of amides is 1. The normalized spacial score (nSPS) is 19.0. The Balaban J connectivity index is 0.00000169. The summed E-state index contributed by atoms with van der Waals surface area (Å²) in [4.78, 5) is 19.4. The summed E-state index contributed by atoms with van der Waals surface area (Å²) in [5, 5.41) is 6.26. The molecule has 2 saturated heterocycles. The Hall–Kier alpha value is -1.12. The van der Waals surface area contributed by atoms with E-state index in [-0.39, 0.29) is 30.7 Å². The summed E-state index contributed by atoms with van der Waals surface area (Å²) in [7, 11) is 1.65. The van der Waals surface area contributed by atoms with Crippen molar-refractivity contribution in [3.05, 3.63) is 18.3 Å².